The Hall–Kier alpha value is -3.17. The highest BCUT2D eigenvalue weighted by atomic mass is 32.2. The minimum Gasteiger partial charge on any atom is -0.497 e. The van der Waals surface area contributed by atoms with Crippen molar-refractivity contribution in [3.63, 3.8) is 0 Å². The number of fused-ring (bicyclic) bond motifs is 1. The molecule has 1 aromatic carbocycles. The number of aromatic nitrogens is 1. The van der Waals surface area contributed by atoms with Gasteiger partial charge < -0.3 is 24.2 Å². The molecule has 1 aliphatic rings. The highest BCUT2D eigenvalue weighted by Crippen LogP contribution is 2.28. The molecule has 0 aliphatic carbocycles. The van der Waals surface area contributed by atoms with E-state index in [9.17, 15) is 18.3 Å². The fourth-order valence-corrected chi connectivity index (χ4v) is 5.11. The fourth-order valence-electron chi connectivity index (χ4n) is 3.89. The third-order valence-corrected chi connectivity index (χ3v) is 7.98. The molecule has 1 aliphatic heterocycles. The summed E-state index contributed by atoms with van der Waals surface area (Å²) in [5.41, 5.74) is 0.701. The highest BCUT2D eigenvalue weighted by molar-refractivity contribution is 7.89. The van der Waals surface area contributed by atoms with Crippen molar-refractivity contribution in [2.45, 2.75) is 30.9 Å². The first kappa shape index (κ1) is 28.4. The first-order valence-electron chi connectivity index (χ1n) is 11.8. The first-order valence-corrected chi connectivity index (χ1v) is 13.2. The lowest BCUT2D eigenvalue weighted by Crippen LogP contribution is -2.50. The average molecular weight is 532 g/mol. The van der Waals surface area contributed by atoms with Crippen LogP contribution >= 0.6 is 0 Å². The van der Waals surface area contributed by atoms with Crippen molar-refractivity contribution in [2.24, 2.45) is 5.92 Å². The van der Waals surface area contributed by atoms with Gasteiger partial charge >= 0.3 is 0 Å². The number of pyridine rings is 1. The molecule has 3 atom stereocenters. The van der Waals surface area contributed by atoms with Crippen LogP contribution in [0.25, 0.3) is 0 Å². The number of sulfonamides is 1. The number of methoxy groups -OCH3 is 2. The van der Waals surface area contributed by atoms with Crippen LogP contribution < -0.4 is 9.47 Å². The van der Waals surface area contributed by atoms with Crippen LogP contribution in [0.15, 0.2) is 41.4 Å². The molecule has 0 saturated heterocycles. The molecule has 0 bridgehead atoms. The van der Waals surface area contributed by atoms with Gasteiger partial charge in [0, 0.05) is 44.4 Å². The third kappa shape index (κ3) is 6.59. The van der Waals surface area contributed by atoms with E-state index >= 15 is 0 Å². The minimum absolute atomic E-state index is 0.00671. The molecular weight excluding hydrogens is 498 g/mol. The molecule has 0 spiro atoms. The molecular formula is C26H33N3O7S. The van der Waals surface area contributed by atoms with Gasteiger partial charge in [0.25, 0.3) is 5.91 Å². The van der Waals surface area contributed by atoms with E-state index in [2.05, 4.69) is 16.8 Å². The van der Waals surface area contributed by atoms with Gasteiger partial charge in [0.15, 0.2) is 0 Å². The van der Waals surface area contributed by atoms with Gasteiger partial charge in [-0.25, -0.2) is 13.4 Å². The van der Waals surface area contributed by atoms with Crippen LogP contribution in [-0.2, 0) is 14.8 Å². The second-order valence-corrected chi connectivity index (χ2v) is 10.9. The summed E-state index contributed by atoms with van der Waals surface area (Å²) in [5, 5.41) is 9.81. The summed E-state index contributed by atoms with van der Waals surface area (Å²) in [5.74, 6) is 5.62. The summed E-state index contributed by atoms with van der Waals surface area (Å²) in [7, 11) is 0.627. The predicted molar refractivity (Wildman–Crippen MR) is 137 cm³/mol. The summed E-state index contributed by atoms with van der Waals surface area (Å²) in [6.07, 6.45) is 0.859. The Kier molecular flexibility index (Phi) is 9.50. The van der Waals surface area contributed by atoms with Gasteiger partial charge in [-0.1, -0.05) is 24.8 Å². The van der Waals surface area contributed by atoms with E-state index in [0.29, 0.717) is 11.3 Å². The lowest BCUT2D eigenvalue weighted by molar-refractivity contribution is 0.0373. The van der Waals surface area contributed by atoms with Crippen molar-refractivity contribution in [1.29, 1.82) is 0 Å². The van der Waals surface area contributed by atoms with Crippen LogP contribution in [0.2, 0.25) is 0 Å². The molecule has 0 radical (unpaired) electrons. The van der Waals surface area contributed by atoms with E-state index in [1.165, 1.54) is 43.9 Å². The summed E-state index contributed by atoms with van der Waals surface area (Å²) in [6, 6.07) is 7.37. The molecule has 2 heterocycles. The number of rotatable bonds is 8. The number of ether oxygens (including phenoxy) is 3. The molecule has 10 nitrogen and oxygen atoms in total. The van der Waals surface area contributed by atoms with Gasteiger partial charge in [0.1, 0.15) is 24.0 Å². The van der Waals surface area contributed by atoms with Crippen molar-refractivity contribution in [2.75, 3.05) is 47.6 Å². The second-order valence-electron chi connectivity index (χ2n) is 8.90. The Morgan fingerprint density at radius 3 is 2.76 bits per heavy atom. The molecule has 3 rings (SSSR count). The standard InChI is InChI=1S/C26H33N3O7S/c1-18-15-29(19(2)17-30)26(31)23-12-20(8-7-11-34-4)14-27-25(23)36-24(18)16-28(3)37(32,33)22-10-6-9-21(13-22)35-5/h6,9-10,12-14,18-19,24,30H,11,15-17H2,1-5H3/t18-,19-,24+/m1/s1. The van der Waals surface area contributed by atoms with E-state index in [4.69, 9.17) is 14.2 Å². The number of benzene rings is 1. The number of nitrogens with zero attached hydrogens (tertiary/aromatic N) is 3. The number of hydrogen-bond acceptors (Lipinski definition) is 8. The molecule has 0 saturated carbocycles. The Morgan fingerprint density at radius 1 is 1.32 bits per heavy atom. The van der Waals surface area contributed by atoms with E-state index in [0.717, 1.165) is 0 Å². The lowest BCUT2D eigenvalue weighted by atomic mass is 10.0. The van der Waals surface area contributed by atoms with E-state index in [1.54, 1.807) is 30.0 Å². The molecule has 200 valence electrons. The quantitative estimate of drug-likeness (QED) is 0.511. The van der Waals surface area contributed by atoms with Crippen LogP contribution in [0.1, 0.15) is 29.8 Å². The van der Waals surface area contributed by atoms with Crippen LogP contribution in [0.3, 0.4) is 0 Å². The van der Waals surface area contributed by atoms with Crippen LogP contribution in [-0.4, -0.2) is 93.3 Å². The zero-order chi connectivity index (χ0) is 27.2. The van der Waals surface area contributed by atoms with E-state index in [1.807, 2.05) is 6.92 Å². The second kappa shape index (κ2) is 12.4. The molecule has 0 unspecified atom stereocenters. The number of aliphatic hydroxyl groups excluding tert-OH is 1. The van der Waals surface area contributed by atoms with Crippen molar-refractivity contribution < 1.29 is 32.5 Å². The van der Waals surface area contributed by atoms with Crippen LogP contribution in [0, 0.1) is 17.8 Å². The summed E-state index contributed by atoms with van der Waals surface area (Å²) >= 11 is 0. The maximum atomic E-state index is 13.5. The molecule has 1 aromatic heterocycles. The molecule has 1 amide bonds. The zero-order valence-corrected chi connectivity index (χ0v) is 22.5. The third-order valence-electron chi connectivity index (χ3n) is 6.16. The van der Waals surface area contributed by atoms with E-state index in [-0.39, 0.29) is 54.5 Å². The maximum Gasteiger partial charge on any atom is 0.259 e. The zero-order valence-electron chi connectivity index (χ0n) is 21.7. The van der Waals surface area contributed by atoms with Gasteiger partial charge in [-0.05, 0) is 25.1 Å². The molecule has 2 aromatic rings. The highest BCUT2D eigenvalue weighted by Gasteiger charge is 2.36. The van der Waals surface area contributed by atoms with Crippen molar-refractivity contribution in [3.05, 3.63) is 47.7 Å². The average Bonchev–Trinajstić information content (AvgIpc) is 2.90. The van der Waals surface area contributed by atoms with Gasteiger partial charge in [-0.15, -0.1) is 0 Å². The van der Waals surface area contributed by atoms with Crippen molar-refractivity contribution in [3.8, 4) is 23.5 Å². The first-order chi connectivity index (χ1) is 17.6. The number of carbonyl (C=O) groups is 1. The normalized spacial score (nSPS) is 18.7. The summed E-state index contributed by atoms with van der Waals surface area (Å²) in [6.45, 7) is 3.87. The molecule has 37 heavy (non-hydrogen) atoms. The molecule has 11 heteroatoms. The van der Waals surface area contributed by atoms with Crippen LogP contribution in [0.5, 0.6) is 11.6 Å². The molecule has 0 fully saturated rings. The lowest BCUT2D eigenvalue weighted by Gasteiger charge is -2.37. The number of aliphatic hydroxyl groups is 1. The van der Waals surface area contributed by atoms with E-state index < -0.39 is 22.2 Å². The SMILES string of the molecule is COCC#Cc1cnc2c(c1)C(=O)N([C@H](C)CO)C[C@@H](C)[C@H](CN(C)S(=O)(=O)c1cccc(OC)c1)O2. The fraction of sp³-hybridized carbons (Fsp3) is 0.462. The topological polar surface area (TPSA) is 118 Å². The number of carbonyl (C=O) groups excluding carboxylic acids is 1. The van der Waals surface area contributed by atoms with Gasteiger partial charge in [0.05, 0.1) is 31.2 Å². The van der Waals surface area contributed by atoms with Crippen LogP contribution in [0.4, 0.5) is 0 Å². The largest absolute Gasteiger partial charge is 0.497 e. The Bertz CT molecular complexity index is 1270. The van der Waals surface area contributed by atoms with Gasteiger partial charge in [-0.3, -0.25) is 4.79 Å². The maximum absolute atomic E-state index is 13.5. The smallest absolute Gasteiger partial charge is 0.259 e. The number of amides is 1. The van der Waals surface area contributed by atoms with Crippen molar-refractivity contribution >= 4 is 15.9 Å². The van der Waals surface area contributed by atoms with Gasteiger partial charge in [0.2, 0.25) is 15.9 Å². The summed E-state index contributed by atoms with van der Waals surface area (Å²) in [4.78, 5) is 19.5. The predicted octanol–water partition coefficient (Wildman–Crippen LogP) is 1.63. The van der Waals surface area contributed by atoms with Crippen molar-refractivity contribution in [1.82, 2.24) is 14.2 Å². The Balaban J connectivity index is 1.97. The summed E-state index contributed by atoms with van der Waals surface area (Å²) < 4.78 is 44.1. The number of likely N-dealkylation sites (N-methyl/N-ethyl adjacent to an activating group) is 1. The number of hydrogen-bond donors (Lipinski definition) is 1. The van der Waals surface area contributed by atoms with Gasteiger partial charge in [-0.2, -0.15) is 4.31 Å². The monoisotopic (exact) mass is 531 g/mol. The Labute approximate surface area is 218 Å². The minimum atomic E-state index is -3.86. The molecule has 1 N–H and O–H groups in total. The Morgan fingerprint density at radius 2 is 2.08 bits per heavy atom.